The minimum atomic E-state index is -0.628. The molecule has 0 bridgehead atoms. The Morgan fingerprint density at radius 1 is 1.30 bits per heavy atom. The molecule has 1 saturated heterocycles. The highest BCUT2D eigenvalue weighted by Gasteiger charge is 2.33. The van der Waals surface area contributed by atoms with Crippen LogP contribution in [0.1, 0.15) is 44.6 Å². The van der Waals surface area contributed by atoms with Gasteiger partial charge in [0.15, 0.2) is 5.82 Å². The molecule has 13 heteroatoms. The normalized spacial score (nSPS) is 15.5. The largest absolute Gasteiger partial charge is 0.444 e. The van der Waals surface area contributed by atoms with Crippen molar-refractivity contribution in [3.05, 3.63) is 45.0 Å². The van der Waals surface area contributed by atoms with Crippen molar-refractivity contribution in [2.24, 2.45) is 0 Å². The van der Waals surface area contributed by atoms with E-state index in [1.54, 1.807) is 48.4 Å². The summed E-state index contributed by atoms with van der Waals surface area (Å²) in [7, 11) is 0. The Balaban J connectivity index is 1.65. The molecule has 0 radical (unpaired) electrons. The molecule has 1 aromatic carbocycles. The number of fused-ring (bicyclic) bond motifs is 1. The van der Waals surface area contributed by atoms with Crippen LogP contribution in [-0.2, 0) is 11.2 Å². The first-order chi connectivity index (χ1) is 17.5. The number of hydrogen-bond acceptors (Lipinski definition) is 10. The van der Waals surface area contributed by atoms with Gasteiger partial charge in [0, 0.05) is 26.1 Å². The lowest BCUT2D eigenvalue weighted by Crippen LogP contribution is -2.37. The van der Waals surface area contributed by atoms with Crippen LogP contribution in [0.4, 0.5) is 22.4 Å². The van der Waals surface area contributed by atoms with Crippen LogP contribution in [0.3, 0.4) is 0 Å². The Morgan fingerprint density at radius 3 is 2.76 bits per heavy atom. The van der Waals surface area contributed by atoms with Crippen molar-refractivity contribution in [3.63, 3.8) is 0 Å². The molecule has 0 aliphatic carbocycles. The zero-order valence-corrected chi connectivity index (χ0v) is 21.5. The molecule has 1 unspecified atom stereocenters. The molecular weight excluding hydrogens is 498 g/mol. The van der Waals surface area contributed by atoms with E-state index in [0.29, 0.717) is 47.7 Å². The molecule has 1 amide bonds. The number of nitrogens with zero attached hydrogens (tertiary/aromatic N) is 6. The summed E-state index contributed by atoms with van der Waals surface area (Å²) in [6, 6.07) is 6.75. The fourth-order valence-corrected chi connectivity index (χ4v) is 4.52. The highest BCUT2D eigenvalue weighted by molar-refractivity contribution is 6.35. The van der Waals surface area contributed by atoms with Crippen LogP contribution in [0.15, 0.2) is 23.0 Å². The maximum Gasteiger partial charge on any atom is 0.410 e. The molecule has 12 nitrogen and oxygen atoms in total. The third kappa shape index (κ3) is 5.51. The first-order valence-corrected chi connectivity index (χ1v) is 12.1. The number of likely N-dealkylation sites (tertiary alicyclic amines) is 1. The number of ether oxygens (including phenoxy) is 1. The Kier molecular flexibility index (Phi) is 7.09. The fraction of sp³-hybridized carbons (Fsp3) is 0.417. The maximum absolute atomic E-state index is 13.7. The minimum Gasteiger partial charge on any atom is -0.444 e. The second kappa shape index (κ2) is 10.1. The number of carbonyl (C=O) groups is 1. The van der Waals surface area contributed by atoms with E-state index in [1.165, 1.54) is 0 Å². The van der Waals surface area contributed by atoms with E-state index in [1.807, 2.05) is 6.07 Å². The van der Waals surface area contributed by atoms with Crippen molar-refractivity contribution in [1.82, 2.24) is 24.4 Å². The summed E-state index contributed by atoms with van der Waals surface area (Å²) in [5.41, 5.74) is 11.1. The molecule has 5 N–H and O–H groups in total. The molecule has 1 atom stereocenters. The van der Waals surface area contributed by atoms with Gasteiger partial charge >= 0.3 is 6.09 Å². The first kappa shape index (κ1) is 26.0. The van der Waals surface area contributed by atoms with Gasteiger partial charge in [0.25, 0.3) is 5.56 Å². The number of nitriles is 1. The van der Waals surface area contributed by atoms with Crippen LogP contribution in [0.25, 0.3) is 10.9 Å². The van der Waals surface area contributed by atoms with Gasteiger partial charge in [-0.25, -0.2) is 9.78 Å². The van der Waals surface area contributed by atoms with Gasteiger partial charge in [-0.1, -0.05) is 17.7 Å². The average molecular weight is 526 g/mol. The van der Waals surface area contributed by atoms with Gasteiger partial charge in [-0.3, -0.25) is 9.36 Å². The van der Waals surface area contributed by atoms with E-state index in [-0.39, 0.29) is 41.3 Å². The standard InChI is InChI=1S/C24H28ClN9O3/c1-24(2,3)37-23(36)33-10-8-13(12-33)34-17(30-16-6-4-5-15(25)18(16)21(34)35)7-9-29-20-14(11-26)19(27)31-22(28)32-20/h4-6,13H,7-10,12H2,1-3H3,(H5,27,28,29,31,32). The van der Waals surface area contributed by atoms with E-state index in [2.05, 4.69) is 15.3 Å². The first-order valence-electron chi connectivity index (χ1n) is 11.7. The number of halogens is 1. The second-order valence-electron chi connectivity index (χ2n) is 9.69. The van der Waals surface area contributed by atoms with Gasteiger partial charge < -0.3 is 26.4 Å². The Morgan fingerprint density at radius 2 is 2.05 bits per heavy atom. The Labute approximate surface area is 218 Å². The summed E-state index contributed by atoms with van der Waals surface area (Å²) in [6.07, 6.45) is 0.422. The number of nitrogens with one attached hydrogen (secondary N) is 1. The van der Waals surface area contributed by atoms with E-state index < -0.39 is 11.7 Å². The number of carbonyl (C=O) groups excluding carboxylic acids is 1. The fourth-order valence-electron chi connectivity index (χ4n) is 4.27. The zero-order valence-electron chi connectivity index (χ0n) is 20.8. The number of nitrogen functional groups attached to an aromatic ring is 2. The lowest BCUT2D eigenvalue weighted by atomic mass is 10.2. The quantitative estimate of drug-likeness (QED) is 0.448. The van der Waals surface area contributed by atoms with Gasteiger partial charge in [-0.05, 0) is 39.3 Å². The monoisotopic (exact) mass is 525 g/mol. The second-order valence-corrected chi connectivity index (χ2v) is 10.1. The van der Waals surface area contributed by atoms with Crippen LogP contribution < -0.4 is 22.3 Å². The van der Waals surface area contributed by atoms with Crippen LogP contribution in [-0.4, -0.2) is 55.7 Å². The maximum atomic E-state index is 13.7. The lowest BCUT2D eigenvalue weighted by Gasteiger charge is -2.25. The van der Waals surface area contributed by atoms with Crippen LogP contribution in [0.2, 0.25) is 5.02 Å². The highest BCUT2D eigenvalue weighted by atomic mass is 35.5. The summed E-state index contributed by atoms with van der Waals surface area (Å²) in [5.74, 6) is 0.600. The summed E-state index contributed by atoms with van der Waals surface area (Å²) in [4.78, 5) is 40.5. The molecule has 194 valence electrons. The predicted molar refractivity (Wildman–Crippen MR) is 140 cm³/mol. The smallest absolute Gasteiger partial charge is 0.410 e. The molecule has 3 aromatic rings. The number of rotatable bonds is 5. The number of aromatic nitrogens is 4. The van der Waals surface area contributed by atoms with E-state index in [4.69, 9.17) is 32.8 Å². The molecule has 1 aliphatic rings. The molecule has 0 saturated carbocycles. The summed E-state index contributed by atoms with van der Waals surface area (Å²) in [6.45, 7) is 6.42. The summed E-state index contributed by atoms with van der Waals surface area (Å²) >= 11 is 6.37. The number of benzene rings is 1. The number of anilines is 3. The van der Waals surface area contributed by atoms with Gasteiger partial charge in [-0.15, -0.1) is 0 Å². The minimum absolute atomic E-state index is 0.0268. The Hall–Kier alpha value is -4.11. The molecule has 1 aliphatic heterocycles. The van der Waals surface area contributed by atoms with Crippen molar-refractivity contribution in [1.29, 1.82) is 5.26 Å². The van der Waals surface area contributed by atoms with Crippen molar-refractivity contribution < 1.29 is 9.53 Å². The van der Waals surface area contributed by atoms with E-state index >= 15 is 0 Å². The van der Waals surface area contributed by atoms with Gasteiger partial charge in [0.05, 0.1) is 22.0 Å². The Bertz CT molecular complexity index is 1460. The predicted octanol–water partition coefficient (Wildman–Crippen LogP) is 2.71. The lowest BCUT2D eigenvalue weighted by molar-refractivity contribution is 0.0288. The topological polar surface area (TPSA) is 178 Å². The number of nitrogens with two attached hydrogens (primary N) is 2. The molecule has 37 heavy (non-hydrogen) atoms. The van der Waals surface area contributed by atoms with Gasteiger partial charge in [0.1, 0.15) is 28.9 Å². The van der Waals surface area contributed by atoms with Gasteiger partial charge in [-0.2, -0.15) is 15.2 Å². The van der Waals surface area contributed by atoms with Crippen molar-refractivity contribution in [2.45, 2.75) is 45.3 Å². The van der Waals surface area contributed by atoms with Gasteiger partial charge in [0.2, 0.25) is 5.95 Å². The molecule has 0 spiro atoms. The van der Waals surface area contributed by atoms with Crippen LogP contribution in [0, 0.1) is 11.3 Å². The SMILES string of the molecule is CC(C)(C)OC(=O)N1CCC(n2c(CCNc3nc(N)nc(N)c3C#N)nc3cccc(Cl)c3c2=O)C1. The molecule has 2 aromatic heterocycles. The highest BCUT2D eigenvalue weighted by Crippen LogP contribution is 2.26. The summed E-state index contributed by atoms with van der Waals surface area (Å²) < 4.78 is 7.11. The van der Waals surface area contributed by atoms with Crippen molar-refractivity contribution in [3.8, 4) is 6.07 Å². The van der Waals surface area contributed by atoms with Crippen LogP contribution >= 0.6 is 11.6 Å². The van der Waals surface area contributed by atoms with Crippen LogP contribution in [0.5, 0.6) is 0 Å². The molecule has 3 heterocycles. The third-order valence-electron chi connectivity index (χ3n) is 5.84. The molecule has 4 rings (SSSR count). The molecular formula is C24H28ClN9O3. The van der Waals surface area contributed by atoms with E-state index in [0.717, 1.165) is 0 Å². The summed E-state index contributed by atoms with van der Waals surface area (Å²) in [5, 5.41) is 13.1. The van der Waals surface area contributed by atoms with Crippen molar-refractivity contribution in [2.75, 3.05) is 36.4 Å². The number of hydrogen-bond donors (Lipinski definition) is 3. The van der Waals surface area contributed by atoms with E-state index in [9.17, 15) is 14.9 Å². The number of amides is 1. The average Bonchev–Trinajstić information content (AvgIpc) is 3.28. The zero-order chi connectivity index (χ0) is 26.9. The molecule has 1 fully saturated rings. The van der Waals surface area contributed by atoms with Crippen molar-refractivity contribution >= 4 is 46.2 Å². The third-order valence-corrected chi connectivity index (χ3v) is 6.15.